The van der Waals surface area contributed by atoms with E-state index in [0.717, 1.165) is 36.6 Å². The number of nitrogens with zero attached hydrogens (tertiary/aromatic N) is 3. The lowest BCUT2D eigenvalue weighted by molar-refractivity contribution is 0.0500. The monoisotopic (exact) mass is 393 g/mol. The molecule has 144 valence electrons. The van der Waals surface area contributed by atoms with Crippen molar-refractivity contribution in [1.82, 2.24) is 14.9 Å². The van der Waals surface area contributed by atoms with Crippen LogP contribution in [0.25, 0.3) is 0 Å². The summed E-state index contributed by atoms with van der Waals surface area (Å²) < 4.78 is 5.76. The topological polar surface area (TPSA) is 55.3 Å². The Morgan fingerprint density at radius 1 is 1.18 bits per heavy atom. The Kier molecular flexibility index (Phi) is 6.09. The third-order valence-corrected chi connectivity index (χ3v) is 5.63. The minimum Gasteiger partial charge on any atom is -0.376 e. The lowest BCUT2D eigenvalue weighted by atomic mass is 10.2. The predicted molar refractivity (Wildman–Crippen MR) is 109 cm³/mol. The second kappa shape index (κ2) is 9.08. The summed E-state index contributed by atoms with van der Waals surface area (Å²) in [5.41, 5.74) is 2.57. The van der Waals surface area contributed by atoms with Crippen molar-refractivity contribution in [3.8, 4) is 0 Å². The molecule has 6 heteroatoms. The van der Waals surface area contributed by atoms with Crippen LogP contribution in [0.15, 0.2) is 60.1 Å². The van der Waals surface area contributed by atoms with Gasteiger partial charge in [0.05, 0.1) is 23.4 Å². The molecule has 0 spiro atoms. The maximum absolute atomic E-state index is 13.2. The summed E-state index contributed by atoms with van der Waals surface area (Å²) in [6, 6.07) is 16.0. The summed E-state index contributed by atoms with van der Waals surface area (Å²) in [5, 5.41) is 2.81. The van der Waals surface area contributed by atoms with Crippen molar-refractivity contribution in [2.45, 2.75) is 31.9 Å². The predicted octanol–water partition coefficient (Wildman–Crippen LogP) is 3.95. The van der Waals surface area contributed by atoms with Crippen LogP contribution in [-0.2, 0) is 17.7 Å². The van der Waals surface area contributed by atoms with E-state index in [1.54, 1.807) is 6.20 Å². The summed E-state index contributed by atoms with van der Waals surface area (Å²) >= 11 is 1.53. The van der Waals surface area contributed by atoms with E-state index in [1.165, 1.54) is 16.9 Å². The van der Waals surface area contributed by atoms with Crippen LogP contribution in [0.2, 0.25) is 0 Å². The Labute approximate surface area is 169 Å². The first-order chi connectivity index (χ1) is 13.8. The van der Waals surface area contributed by atoms with Crippen LogP contribution in [0, 0.1) is 0 Å². The zero-order chi connectivity index (χ0) is 19.2. The van der Waals surface area contributed by atoms with Crippen LogP contribution in [0.3, 0.4) is 0 Å². The van der Waals surface area contributed by atoms with Gasteiger partial charge < -0.3 is 9.64 Å². The van der Waals surface area contributed by atoms with Crippen LogP contribution in [0.5, 0.6) is 0 Å². The number of ether oxygens (including phenoxy) is 1. The Morgan fingerprint density at radius 3 is 2.79 bits per heavy atom. The number of hydrogen-bond acceptors (Lipinski definition) is 5. The molecule has 1 fully saturated rings. The van der Waals surface area contributed by atoms with E-state index >= 15 is 0 Å². The number of amides is 1. The minimum atomic E-state index is -0.0586. The largest absolute Gasteiger partial charge is 0.376 e. The number of hydrogen-bond donors (Lipinski definition) is 0. The van der Waals surface area contributed by atoms with Gasteiger partial charge in [-0.2, -0.15) is 0 Å². The van der Waals surface area contributed by atoms with Crippen molar-refractivity contribution in [2.75, 3.05) is 13.2 Å². The first-order valence-corrected chi connectivity index (χ1v) is 10.4. The van der Waals surface area contributed by atoms with Crippen LogP contribution in [0.4, 0.5) is 0 Å². The molecule has 28 heavy (non-hydrogen) atoms. The maximum Gasteiger partial charge on any atom is 0.273 e. The molecule has 2 aromatic heterocycles. The fourth-order valence-electron chi connectivity index (χ4n) is 3.36. The first kappa shape index (κ1) is 18.8. The van der Waals surface area contributed by atoms with Gasteiger partial charge in [-0.25, -0.2) is 4.98 Å². The Bertz CT molecular complexity index is 892. The van der Waals surface area contributed by atoms with E-state index in [2.05, 4.69) is 22.1 Å². The summed E-state index contributed by atoms with van der Waals surface area (Å²) in [6.07, 6.45) is 4.63. The lowest BCUT2D eigenvalue weighted by Crippen LogP contribution is -2.37. The number of pyridine rings is 1. The summed E-state index contributed by atoms with van der Waals surface area (Å²) in [7, 11) is 0. The van der Waals surface area contributed by atoms with E-state index in [1.807, 2.05) is 46.7 Å². The van der Waals surface area contributed by atoms with E-state index in [4.69, 9.17) is 4.74 Å². The minimum absolute atomic E-state index is 0.0586. The molecule has 4 rings (SSSR count). The number of thiazole rings is 1. The fraction of sp³-hybridized carbons (Fsp3) is 0.318. The van der Waals surface area contributed by atoms with Crippen LogP contribution in [-0.4, -0.2) is 40.0 Å². The Morgan fingerprint density at radius 2 is 2.04 bits per heavy atom. The smallest absolute Gasteiger partial charge is 0.273 e. The van der Waals surface area contributed by atoms with Gasteiger partial charge in [-0.05, 0) is 30.5 Å². The van der Waals surface area contributed by atoms with Crippen molar-refractivity contribution in [2.24, 2.45) is 0 Å². The number of benzene rings is 1. The molecule has 1 unspecified atom stereocenters. The normalized spacial score (nSPS) is 16.2. The molecule has 3 heterocycles. The van der Waals surface area contributed by atoms with Crippen LogP contribution >= 0.6 is 11.3 Å². The van der Waals surface area contributed by atoms with E-state index in [0.29, 0.717) is 18.8 Å². The molecule has 5 nitrogen and oxygen atoms in total. The molecule has 1 saturated heterocycles. The number of carbonyl (C=O) groups excluding carboxylic acids is 1. The number of carbonyl (C=O) groups is 1. The van der Waals surface area contributed by atoms with Gasteiger partial charge in [-0.15, -0.1) is 11.3 Å². The highest BCUT2D eigenvalue weighted by Crippen LogP contribution is 2.19. The Hall–Kier alpha value is -2.57. The number of aromatic nitrogens is 2. The third-order valence-electron chi connectivity index (χ3n) is 4.78. The summed E-state index contributed by atoms with van der Waals surface area (Å²) in [5.74, 6) is -0.0586. The molecular weight excluding hydrogens is 370 g/mol. The van der Waals surface area contributed by atoms with Gasteiger partial charge in [0.1, 0.15) is 5.69 Å². The van der Waals surface area contributed by atoms with Gasteiger partial charge in [0.15, 0.2) is 0 Å². The molecule has 1 atom stereocenters. The molecule has 3 aromatic rings. The standard InChI is InChI=1S/C22H23N3O2S/c26-22(20-16-28-21(24-20)13-17-7-2-1-3-8-17)25(15-19-10-6-12-27-19)14-18-9-4-5-11-23-18/h1-5,7-9,11,16,19H,6,10,12-15H2. The molecule has 0 saturated carbocycles. The highest BCUT2D eigenvalue weighted by Gasteiger charge is 2.25. The van der Waals surface area contributed by atoms with Gasteiger partial charge in [-0.1, -0.05) is 36.4 Å². The third kappa shape index (κ3) is 4.82. The number of rotatable bonds is 7. The van der Waals surface area contributed by atoms with Crippen LogP contribution in [0.1, 0.15) is 39.6 Å². The maximum atomic E-state index is 13.2. The van der Waals surface area contributed by atoms with Gasteiger partial charge in [0, 0.05) is 31.1 Å². The summed E-state index contributed by atoms with van der Waals surface area (Å²) in [6.45, 7) is 1.81. The Balaban J connectivity index is 1.49. The van der Waals surface area contributed by atoms with Crippen molar-refractivity contribution in [3.05, 3.63) is 82.1 Å². The van der Waals surface area contributed by atoms with E-state index < -0.39 is 0 Å². The van der Waals surface area contributed by atoms with Gasteiger partial charge in [0.25, 0.3) is 5.91 Å². The summed E-state index contributed by atoms with van der Waals surface area (Å²) in [4.78, 5) is 24.0. The van der Waals surface area contributed by atoms with Crippen molar-refractivity contribution < 1.29 is 9.53 Å². The molecule has 0 aliphatic carbocycles. The molecule has 0 bridgehead atoms. The molecule has 0 radical (unpaired) electrons. The quantitative estimate of drug-likeness (QED) is 0.610. The second-order valence-electron chi connectivity index (χ2n) is 6.93. The molecule has 1 aromatic carbocycles. The van der Waals surface area contributed by atoms with Crippen molar-refractivity contribution in [1.29, 1.82) is 0 Å². The lowest BCUT2D eigenvalue weighted by Gasteiger charge is -2.24. The van der Waals surface area contributed by atoms with Crippen molar-refractivity contribution in [3.63, 3.8) is 0 Å². The zero-order valence-electron chi connectivity index (χ0n) is 15.7. The van der Waals surface area contributed by atoms with Crippen LogP contribution < -0.4 is 0 Å². The zero-order valence-corrected chi connectivity index (χ0v) is 16.5. The molecule has 0 N–H and O–H groups in total. The first-order valence-electron chi connectivity index (χ1n) is 9.57. The molecular formula is C22H23N3O2S. The van der Waals surface area contributed by atoms with Gasteiger partial charge >= 0.3 is 0 Å². The SMILES string of the molecule is O=C(c1csc(Cc2ccccc2)n1)N(Cc1ccccn1)CC1CCCO1. The molecule has 1 aliphatic heterocycles. The average molecular weight is 394 g/mol. The highest BCUT2D eigenvalue weighted by molar-refractivity contribution is 7.09. The molecule has 1 amide bonds. The fourth-order valence-corrected chi connectivity index (χ4v) is 4.17. The molecule has 1 aliphatic rings. The van der Waals surface area contributed by atoms with Gasteiger partial charge in [-0.3, -0.25) is 9.78 Å². The highest BCUT2D eigenvalue weighted by atomic mass is 32.1. The van der Waals surface area contributed by atoms with E-state index in [9.17, 15) is 4.79 Å². The average Bonchev–Trinajstić information content (AvgIpc) is 3.41. The van der Waals surface area contributed by atoms with Gasteiger partial charge in [0.2, 0.25) is 0 Å². The van der Waals surface area contributed by atoms with E-state index in [-0.39, 0.29) is 12.0 Å². The van der Waals surface area contributed by atoms with Crippen molar-refractivity contribution >= 4 is 17.2 Å². The second-order valence-corrected chi connectivity index (χ2v) is 7.87.